The zero-order valence-electron chi connectivity index (χ0n) is 12.5. The molecule has 0 aliphatic heterocycles. The van der Waals surface area contributed by atoms with Gasteiger partial charge in [-0.25, -0.2) is 0 Å². The highest BCUT2D eigenvalue weighted by atomic mass is 14.9. The van der Waals surface area contributed by atoms with E-state index < -0.39 is 0 Å². The Balaban J connectivity index is 2.09. The normalized spacial score (nSPS) is 21.2. The summed E-state index contributed by atoms with van der Waals surface area (Å²) in [6, 6.07) is 0.819. The molecule has 0 aromatic carbocycles. The second kappa shape index (κ2) is 7.41. The topological polar surface area (TPSA) is 12.0 Å². The predicted molar refractivity (Wildman–Crippen MR) is 77.3 cm³/mol. The molecule has 0 aromatic rings. The summed E-state index contributed by atoms with van der Waals surface area (Å²) in [7, 11) is 0. The van der Waals surface area contributed by atoms with Gasteiger partial charge in [0, 0.05) is 6.04 Å². The molecular weight excluding hydrogens is 206 g/mol. The van der Waals surface area contributed by atoms with E-state index in [9.17, 15) is 0 Å². The van der Waals surface area contributed by atoms with Crippen LogP contribution in [0.25, 0.3) is 0 Å². The largest absolute Gasteiger partial charge is 0.314 e. The number of hydrogen-bond donors (Lipinski definition) is 1. The molecule has 1 aliphatic carbocycles. The van der Waals surface area contributed by atoms with E-state index in [4.69, 9.17) is 0 Å². The second-order valence-corrected chi connectivity index (χ2v) is 7.30. The van der Waals surface area contributed by atoms with Crippen molar-refractivity contribution in [1.82, 2.24) is 5.32 Å². The van der Waals surface area contributed by atoms with Gasteiger partial charge in [0.05, 0.1) is 0 Å². The maximum absolute atomic E-state index is 3.78. The van der Waals surface area contributed by atoms with E-state index in [1.807, 2.05) is 0 Å². The van der Waals surface area contributed by atoms with Gasteiger partial charge in [-0.05, 0) is 43.6 Å². The summed E-state index contributed by atoms with van der Waals surface area (Å²) in [5.74, 6) is 0.855. The molecule has 1 fully saturated rings. The van der Waals surface area contributed by atoms with E-state index in [0.717, 1.165) is 12.0 Å². The molecule has 0 saturated heterocycles. The fraction of sp³-hybridized carbons (Fsp3) is 1.00. The predicted octanol–water partition coefficient (Wildman–Crippen LogP) is 4.76. The molecule has 1 unspecified atom stereocenters. The van der Waals surface area contributed by atoms with Crippen LogP contribution in [0.15, 0.2) is 0 Å². The Labute approximate surface area is 109 Å². The Morgan fingerprint density at radius 2 is 1.65 bits per heavy atom. The molecule has 0 amide bonds. The molecule has 1 aliphatic rings. The molecule has 0 aromatic heterocycles. The van der Waals surface area contributed by atoms with E-state index in [-0.39, 0.29) is 0 Å². The molecule has 0 heterocycles. The minimum atomic E-state index is 0.488. The van der Waals surface area contributed by atoms with Gasteiger partial charge >= 0.3 is 0 Å². The number of rotatable bonds is 5. The molecule has 1 N–H and O–H groups in total. The van der Waals surface area contributed by atoms with Gasteiger partial charge in [0.2, 0.25) is 0 Å². The van der Waals surface area contributed by atoms with Crippen molar-refractivity contribution in [2.24, 2.45) is 11.3 Å². The van der Waals surface area contributed by atoms with Crippen LogP contribution in [-0.4, -0.2) is 12.6 Å². The molecule has 0 bridgehead atoms. The first-order valence-electron chi connectivity index (χ1n) is 7.71. The summed E-state index contributed by atoms with van der Waals surface area (Å²) in [5.41, 5.74) is 0.488. The fourth-order valence-electron chi connectivity index (χ4n) is 3.16. The second-order valence-electron chi connectivity index (χ2n) is 7.30. The SMILES string of the molecule is CC(CCNC1CCCCCC1)CC(C)(C)C. The van der Waals surface area contributed by atoms with Crippen molar-refractivity contribution in [1.29, 1.82) is 0 Å². The maximum atomic E-state index is 3.78. The molecule has 0 radical (unpaired) electrons. The van der Waals surface area contributed by atoms with Crippen LogP contribution in [0.1, 0.15) is 79.1 Å². The number of nitrogens with one attached hydrogen (secondary N) is 1. The third-order valence-corrected chi connectivity index (χ3v) is 3.89. The Morgan fingerprint density at radius 1 is 1.06 bits per heavy atom. The van der Waals surface area contributed by atoms with Crippen molar-refractivity contribution >= 4 is 0 Å². The minimum Gasteiger partial charge on any atom is -0.314 e. The van der Waals surface area contributed by atoms with Crippen LogP contribution in [-0.2, 0) is 0 Å². The maximum Gasteiger partial charge on any atom is 0.00670 e. The summed E-state index contributed by atoms with van der Waals surface area (Å²) < 4.78 is 0. The summed E-state index contributed by atoms with van der Waals surface area (Å²) in [4.78, 5) is 0. The van der Waals surface area contributed by atoms with Crippen molar-refractivity contribution in [3.8, 4) is 0 Å². The Hall–Kier alpha value is -0.0400. The summed E-state index contributed by atoms with van der Waals surface area (Å²) in [6.45, 7) is 10.7. The lowest BCUT2D eigenvalue weighted by Crippen LogP contribution is -2.30. The van der Waals surface area contributed by atoms with Crippen molar-refractivity contribution in [3.63, 3.8) is 0 Å². The lowest BCUT2D eigenvalue weighted by atomic mass is 9.84. The molecule has 17 heavy (non-hydrogen) atoms. The monoisotopic (exact) mass is 239 g/mol. The van der Waals surface area contributed by atoms with Crippen LogP contribution in [0.2, 0.25) is 0 Å². The lowest BCUT2D eigenvalue weighted by molar-refractivity contribution is 0.290. The van der Waals surface area contributed by atoms with Crippen molar-refractivity contribution in [2.45, 2.75) is 85.1 Å². The summed E-state index contributed by atoms with van der Waals surface area (Å²) in [6.07, 6.45) is 11.3. The molecule has 1 rings (SSSR count). The van der Waals surface area contributed by atoms with E-state index in [2.05, 4.69) is 33.0 Å². The molecule has 1 heteroatoms. The third-order valence-electron chi connectivity index (χ3n) is 3.89. The van der Waals surface area contributed by atoms with E-state index in [1.54, 1.807) is 0 Å². The summed E-state index contributed by atoms with van der Waals surface area (Å²) in [5, 5.41) is 3.78. The number of hydrogen-bond acceptors (Lipinski definition) is 1. The van der Waals surface area contributed by atoms with Gasteiger partial charge < -0.3 is 5.32 Å². The van der Waals surface area contributed by atoms with Gasteiger partial charge in [0.1, 0.15) is 0 Å². The van der Waals surface area contributed by atoms with Crippen molar-refractivity contribution < 1.29 is 0 Å². The van der Waals surface area contributed by atoms with Gasteiger partial charge in [0.25, 0.3) is 0 Å². The van der Waals surface area contributed by atoms with Crippen molar-refractivity contribution in [3.05, 3.63) is 0 Å². The molecule has 1 atom stereocenters. The van der Waals surface area contributed by atoms with E-state index in [0.29, 0.717) is 5.41 Å². The van der Waals surface area contributed by atoms with Gasteiger partial charge in [-0.2, -0.15) is 0 Å². The van der Waals surface area contributed by atoms with E-state index in [1.165, 1.54) is 57.9 Å². The molecular formula is C16H33N. The fourth-order valence-corrected chi connectivity index (χ4v) is 3.16. The molecule has 102 valence electrons. The Kier molecular flexibility index (Phi) is 6.54. The molecule has 0 spiro atoms. The highest BCUT2D eigenvalue weighted by molar-refractivity contribution is 4.72. The van der Waals surface area contributed by atoms with Crippen LogP contribution in [0.5, 0.6) is 0 Å². The average Bonchev–Trinajstić information content (AvgIpc) is 2.43. The first-order chi connectivity index (χ1) is 7.97. The first-order valence-corrected chi connectivity index (χ1v) is 7.71. The third kappa shape index (κ3) is 7.81. The van der Waals surface area contributed by atoms with Gasteiger partial charge in [0.15, 0.2) is 0 Å². The zero-order valence-corrected chi connectivity index (χ0v) is 12.5. The average molecular weight is 239 g/mol. The molecule has 1 nitrogen and oxygen atoms in total. The molecule has 1 saturated carbocycles. The Bertz CT molecular complexity index is 184. The zero-order chi connectivity index (χ0) is 12.7. The summed E-state index contributed by atoms with van der Waals surface area (Å²) >= 11 is 0. The smallest absolute Gasteiger partial charge is 0.00670 e. The van der Waals surface area contributed by atoms with Crippen LogP contribution < -0.4 is 5.32 Å². The van der Waals surface area contributed by atoms with Crippen LogP contribution in [0, 0.1) is 11.3 Å². The first kappa shape index (κ1) is 15.0. The van der Waals surface area contributed by atoms with Crippen LogP contribution >= 0.6 is 0 Å². The Morgan fingerprint density at radius 3 is 2.18 bits per heavy atom. The highest BCUT2D eigenvalue weighted by Gasteiger charge is 2.16. The van der Waals surface area contributed by atoms with Crippen LogP contribution in [0.4, 0.5) is 0 Å². The van der Waals surface area contributed by atoms with Crippen LogP contribution in [0.3, 0.4) is 0 Å². The minimum absolute atomic E-state index is 0.488. The van der Waals surface area contributed by atoms with E-state index >= 15 is 0 Å². The quantitative estimate of drug-likeness (QED) is 0.682. The highest BCUT2D eigenvalue weighted by Crippen LogP contribution is 2.25. The standard InChI is InChI=1S/C16H33N/c1-14(13-16(2,3)4)11-12-17-15-9-7-5-6-8-10-15/h14-15,17H,5-13H2,1-4H3. The van der Waals surface area contributed by atoms with Crippen molar-refractivity contribution in [2.75, 3.05) is 6.54 Å². The lowest BCUT2D eigenvalue weighted by Gasteiger charge is -2.24. The van der Waals surface area contributed by atoms with Gasteiger partial charge in [-0.3, -0.25) is 0 Å². The van der Waals surface area contributed by atoms with Gasteiger partial charge in [-0.15, -0.1) is 0 Å². The van der Waals surface area contributed by atoms with Gasteiger partial charge in [-0.1, -0.05) is 53.4 Å².